The van der Waals surface area contributed by atoms with E-state index >= 15 is 0 Å². The summed E-state index contributed by atoms with van der Waals surface area (Å²) in [5, 5.41) is 9.94. The molecule has 2 nitrogen and oxygen atoms in total. The molecule has 24 heavy (non-hydrogen) atoms. The summed E-state index contributed by atoms with van der Waals surface area (Å²) in [7, 11) is 0. The van der Waals surface area contributed by atoms with E-state index in [4.69, 9.17) is 0 Å². The Hall–Kier alpha value is -2.87. The van der Waals surface area contributed by atoms with Gasteiger partial charge in [-0.25, -0.2) is 0 Å². The van der Waals surface area contributed by atoms with Crippen molar-refractivity contribution in [3.05, 3.63) is 108 Å². The smallest absolute Gasteiger partial charge is 0.311 e. The molecule has 0 bridgehead atoms. The number of carbonyl (C=O) groups is 1. The molecule has 120 valence electrons. The van der Waals surface area contributed by atoms with Crippen molar-refractivity contribution >= 4 is 5.97 Å². The van der Waals surface area contributed by atoms with Gasteiger partial charge < -0.3 is 5.11 Å². The molecule has 0 saturated carbocycles. The Morgan fingerprint density at radius 2 is 1.17 bits per heavy atom. The average molecular weight is 316 g/mol. The normalized spacial score (nSPS) is 13.2. The van der Waals surface area contributed by atoms with Gasteiger partial charge in [-0.2, -0.15) is 0 Å². The van der Waals surface area contributed by atoms with Crippen molar-refractivity contribution in [2.45, 2.75) is 18.3 Å². The second-order valence-electron chi connectivity index (χ2n) is 5.93. The molecule has 0 spiro atoms. The van der Waals surface area contributed by atoms with Crippen LogP contribution in [0.2, 0.25) is 0 Å². The number of benzene rings is 3. The molecule has 3 aromatic rings. The van der Waals surface area contributed by atoms with E-state index in [0.717, 1.165) is 16.7 Å². The van der Waals surface area contributed by atoms with Crippen LogP contribution in [0.3, 0.4) is 0 Å². The van der Waals surface area contributed by atoms with Crippen LogP contribution in [0.15, 0.2) is 91.0 Å². The molecular formula is C22H20O2. The van der Waals surface area contributed by atoms with Crippen molar-refractivity contribution in [3.63, 3.8) is 0 Å². The Bertz CT molecular complexity index is 767. The van der Waals surface area contributed by atoms with Gasteiger partial charge in [-0.1, -0.05) is 91.0 Å². The first kappa shape index (κ1) is 16.0. The van der Waals surface area contributed by atoms with Gasteiger partial charge in [-0.3, -0.25) is 4.79 Å². The standard InChI is InChI=1S/C22H20O2/c23-22(24)21(19-14-8-3-9-15-19)20(18-12-6-2-7-13-18)16-17-10-4-1-5-11-17/h1-15,20-21H,16H2,(H,23,24)/t20-,21-/m1/s1. The molecule has 0 aromatic heterocycles. The van der Waals surface area contributed by atoms with Gasteiger partial charge >= 0.3 is 5.97 Å². The van der Waals surface area contributed by atoms with E-state index in [0.29, 0.717) is 6.42 Å². The largest absolute Gasteiger partial charge is 0.481 e. The number of rotatable bonds is 6. The molecule has 0 fully saturated rings. The summed E-state index contributed by atoms with van der Waals surface area (Å²) < 4.78 is 0. The first-order valence-corrected chi connectivity index (χ1v) is 8.12. The third kappa shape index (κ3) is 3.72. The van der Waals surface area contributed by atoms with Gasteiger partial charge in [0, 0.05) is 5.92 Å². The van der Waals surface area contributed by atoms with Gasteiger partial charge in [-0.15, -0.1) is 0 Å². The fourth-order valence-corrected chi connectivity index (χ4v) is 3.20. The molecule has 0 aliphatic heterocycles. The molecule has 1 N–H and O–H groups in total. The van der Waals surface area contributed by atoms with Crippen molar-refractivity contribution in [2.75, 3.05) is 0 Å². The summed E-state index contributed by atoms with van der Waals surface area (Å²) >= 11 is 0. The quantitative estimate of drug-likeness (QED) is 0.703. The zero-order chi connectivity index (χ0) is 16.8. The second-order valence-corrected chi connectivity index (χ2v) is 5.93. The summed E-state index contributed by atoms with van der Waals surface area (Å²) in [5.74, 6) is -1.48. The molecule has 2 heteroatoms. The van der Waals surface area contributed by atoms with Gasteiger partial charge in [0.1, 0.15) is 0 Å². The third-order valence-corrected chi connectivity index (χ3v) is 4.35. The Morgan fingerprint density at radius 3 is 1.67 bits per heavy atom. The maximum atomic E-state index is 12.1. The lowest BCUT2D eigenvalue weighted by molar-refractivity contribution is -0.139. The molecular weight excluding hydrogens is 296 g/mol. The first-order chi connectivity index (χ1) is 11.8. The van der Waals surface area contributed by atoms with E-state index < -0.39 is 11.9 Å². The number of hydrogen-bond donors (Lipinski definition) is 1. The Morgan fingerprint density at radius 1 is 0.708 bits per heavy atom. The zero-order valence-corrected chi connectivity index (χ0v) is 13.4. The molecule has 3 aromatic carbocycles. The van der Waals surface area contributed by atoms with Gasteiger partial charge in [0.05, 0.1) is 5.92 Å². The molecule has 0 aliphatic rings. The van der Waals surface area contributed by atoms with Crippen molar-refractivity contribution in [1.82, 2.24) is 0 Å². The van der Waals surface area contributed by atoms with Gasteiger partial charge in [0.15, 0.2) is 0 Å². The molecule has 0 aliphatic carbocycles. The predicted molar refractivity (Wildman–Crippen MR) is 96.1 cm³/mol. The van der Waals surface area contributed by atoms with Gasteiger partial charge in [-0.05, 0) is 23.1 Å². The molecule has 0 heterocycles. The zero-order valence-electron chi connectivity index (χ0n) is 13.4. The van der Waals surface area contributed by atoms with Crippen LogP contribution in [0, 0.1) is 0 Å². The van der Waals surface area contributed by atoms with Crippen LogP contribution in [0.4, 0.5) is 0 Å². The van der Waals surface area contributed by atoms with Crippen molar-refractivity contribution in [1.29, 1.82) is 0 Å². The lowest BCUT2D eigenvalue weighted by Gasteiger charge is -2.25. The van der Waals surface area contributed by atoms with Crippen molar-refractivity contribution < 1.29 is 9.90 Å². The second kappa shape index (κ2) is 7.60. The van der Waals surface area contributed by atoms with Crippen LogP contribution in [0.1, 0.15) is 28.5 Å². The van der Waals surface area contributed by atoms with Crippen LogP contribution in [-0.4, -0.2) is 11.1 Å². The summed E-state index contributed by atoms with van der Waals surface area (Å²) in [6.45, 7) is 0. The van der Waals surface area contributed by atoms with E-state index in [1.54, 1.807) is 0 Å². The van der Waals surface area contributed by atoms with Crippen LogP contribution >= 0.6 is 0 Å². The van der Waals surface area contributed by atoms with Crippen LogP contribution in [-0.2, 0) is 11.2 Å². The number of carboxylic acids is 1. The maximum Gasteiger partial charge on any atom is 0.311 e. The summed E-state index contributed by atoms with van der Waals surface area (Å²) in [4.78, 5) is 12.1. The van der Waals surface area contributed by atoms with Crippen molar-refractivity contribution in [3.8, 4) is 0 Å². The average Bonchev–Trinajstić information content (AvgIpc) is 2.63. The summed E-state index contributed by atoms with van der Waals surface area (Å²) in [5.41, 5.74) is 3.04. The lowest BCUT2D eigenvalue weighted by atomic mass is 9.78. The minimum atomic E-state index is -0.786. The molecule has 3 rings (SSSR count). The number of hydrogen-bond acceptors (Lipinski definition) is 1. The highest BCUT2D eigenvalue weighted by Crippen LogP contribution is 2.36. The van der Waals surface area contributed by atoms with E-state index in [9.17, 15) is 9.90 Å². The monoisotopic (exact) mass is 316 g/mol. The molecule has 0 unspecified atom stereocenters. The highest BCUT2D eigenvalue weighted by molar-refractivity contribution is 5.77. The fourth-order valence-electron chi connectivity index (χ4n) is 3.20. The van der Waals surface area contributed by atoms with Crippen LogP contribution in [0.25, 0.3) is 0 Å². The first-order valence-electron chi connectivity index (χ1n) is 8.12. The SMILES string of the molecule is O=C(O)[C@H](c1ccccc1)[C@H](Cc1ccccc1)c1ccccc1. The fraction of sp³-hybridized carbons (Fsp3) is 0.136. The minimum absolute atomic E-state index is 0.117. The molecule has 0 saturated heterocycles. The van der Waals surface area contributed by atoms with Gasteiger partial charge in [0.2, 0.25) is 0 Å². The molecule has 2 atom stereocenters. The Balaban J connectivity index is 2.03. The van der Waals surface area contributed by atoms with E-state index in [1.807, 2.05) is 78.9 Å². The van der Waals surface area contributed by atoms with E-state index in [2.05, 4.69) is 12.1 Å². The molecule has 0 amide bonds. The van der Waals surface area contributed by atoms with Crippen molar-refractivity contribution in [2.24, 2.45) is 0 Å². The highest BCUT2D eigenvalue weighted by Gasteiger charge is 2.31. The number of aliphatic carboxylic acids is 1. The van der Waals surface area contributed by atoms with E-state index in [-0.39, 0.29) is 5.92 Å². The molecule has 0 radical (unpaired) electrons. The topological polar surface area (TPSA) is 37.3 Å². The van der Waals surface area contributed by atoms with Crippen LogP contribution < -0.4 is 0 Å². The number of carboxylic acid groups (broad SMARTS) is 1. The summed E-state index contributed by atoms with van der Waals surface area (Å²) in [6, 6.07) is 29.5. The minimum Gasteiger partial charge on any atom is -0.481 e. The van der Waals surface area contributed by atoms with Crippen LogP contribution in [0.5, 0.6) is 0 Å². The Kier molecular flexibility index (Phi) is 5.07. The third-order valence-electron chi connectivity index (χ3n) is 4.35. The highest BCUT2D eigenvalue weighted by atomic mass is 16.4. The predicted octanol–water partition coefficient (Wildman–Crippen LogP) is 4.88. The van der Waals surface area contributed by atoms with Gasteiger partial charge in [0.25, 0.3) is 0 Å². The Labute approximate surface area is 142 Å². The summed E-state index contributed by atoms with van der Waals surface area (Å²) in [6.07, 6.45) is 0.691. The lowest BCUT2D eigenvalue weighted by Crippen LogP contribution is -2.22. The maximum absolute atomic E-state index is 12.1. The van der Waals surface area contributed by atoms with E-state index in [1.165, 1.54) is 0 Å².